The minimum absolute atomic E-state index is 0.633. The molecule has 0 spiro atoms. The monoisotopic (exact) mass is 299 g/mol. The third kappa shape index (κ3) is 3.09. The van der Waals surface area contributed by atoms with Gasteiger partial charge in [0.25, 0.3) is 0 Å². The van der Waals surface area contributed by atoms with E-state index in [1.165, 1.54) is 0 Å². The van der Waals surface area contributed by atoms with E-state index in [2.05, 4.69) is 0 Å². The highest BCUT2D eigenvalue weighted by atomic mass is 35.5. The van der Waals surface area contributed by atoms with E-state index in [1.807, 2.05) is 53.1 Å². The molecule has 0 unspecified atom stereocenters. The Morgan fingerprint density at radius 1 is 1.10 bits per heavy atom. The van der Waals surface area contributed by atoms with E-state index in [0.717, 1.165) is 23.3 Å². The van der Waals surface area contributed by atoms with Crippen LogP contribution >= 0.6 is 11.6 Å². The summed E-state index contributed by atoms with van der Waals surface area (Å²) in [5.74, 6) is 0.878. The summed E-state index contributed by atoms with van der Waals surface area (Å²) in [4.78, 5) is 11.2. The van der Waals surface area contributed by atoms with Crippen LogP contribution in [-0.4, -0.2) is 10.9 Å². The molecule has 0 saturated heterocycles. The molecule has 0 radical (unpaired) electrons. The highest BCUT2D eigenvalue weighted by molar-refractivity contribution is 6.30. The number of aldehydes is 1. The van der Waals surface area contributed by atoms with E-state index >= 15 is 0 Å². The maximum atomic E-state index is 11.2. The quantitative estimate of drug-likeness (QED) is 0.662. The largest absolute Gasteiger partial charge is 0.469 e. The zero-order valence-electron chi connectivity index (χ0n) is 11.3. The van der Waals surface area contributed by atoms with Gasteiger partial charge >= 0.3 is 0 Å². The lowest BCUT2D eigenvalue weighted by Crippen LogP contribution is -2.08. The summed E-state index contributed by atoms with van der Waals surface area (Å²) in [6.07, 6.45) is 3.19. The molecule has 0 saturated carbocycles. The lowest BCUT2D eigenvalue weighted by atomic mass is 10.2. The summed E-state index contributed by atoms with van der Waals surface area (Å²) >= 11 is 5.90. The molecule has 0 fully saturated rings. The van der Waals surface area contributed by atoms with Crippen LogP contribution in [0.3, 0.4) is 0 Å². The first kappa shape index (κ1) is 13.7. The number of carbonyl (C=O) groups is 1. The lowest BCUT2D eigenvalue weighted by Gasteiger charge is -2.11. The number of furan rings is 1. The first-order chi connectivity index (χ1) is 10.3. The van der Waals surface area contributed by atoms with Gasteiger partial charge in [0.2, 0.25) is 0 Å². The van der Waals surface area contributed by atoms with Crippen LogP contribution in [-0.2, 0) is 13.0 Å². The molecule has 2 heterocycles. The maximum Gasteiger partial charge on any atom is 0.166 e. The fourth-order valence-electron chi connectivity index (χ4n) is 2.34. The molecule has 106 valence electrons. The molecule has 0 amide bonds. The molecular formula is C17H14ClNO2. The highest BCUT2D eigenvalue weighted by Crippen LogP contribution is 2.17. The van der Waals surface area contributed by atoms with E-state index in [4.69, 9.17) is 16.0 Å². The summed E-state index contributed by atoms with van der Waals surface area (Å²) in [7, 11) is 0. The zero-order valence-corrected chi connectivity index (χ0v) is 12.1. The van der Waals surface area contributed by atoms with Gasteiger partial charge in [-0.25, -0.2) is 0 Å². The fourth-order valence-corrected chi connectivity index (χ4v) is 2.47. The molecule has 3 nitrogen and oxygen atoms in total. The third-order valence-electron chi connectivity index (χ3n) is 3.41. The van der Waals surface area contributed by atoms with Crippen molar-refractivity contribution in [3.05, 3.63) is 82.5 Å². The van der Waals surface area contributed by atoms with Gasteiger partial charge in [-0.2, -0.15) is 0 Å². The number of rotatable bonds is 5. The van der Waals surface area contributed by atoms with Crippen LogP contribution in [0.2, 0.25) is 5.02 Å². The van der Waals surface area contributed by atoms with Gasteiger partial charge in [0, 0.05) is 23.7 Å². The zero-order chi connectivity index (χ0) is 14.7. The summed E-state index contributed by atoms with van der Waals surface area (Å²) in [6, 6.07) is 15.2. The summed E-state index contributed by atoms with van der Waals surface area (Å²) in [5, 5.41) is 0.706. The van der Waals surface area contributed by atoms with Gasteiger partial charge in [-0.3, -0.25) is 4.79 Å². The number of aromatic nitrogens is 1. The molecule has 3 rings (SSSR count). The Hall–Kier alpha value is -2.26. The molecule has 4 heteroatoms. The third-order valence-corrected chi connectivity index (χ3v) is 3.67. The molecule has 0 aliphatic rings. The predicted molar refractivity (Wildman–Crippen MR) is 81.9 cm³/mol. The molecule has 0 aliphatic carbocycles. The van der Waals surface area contributed by atoms with Crippen molar-refractivity contribution in [2.24, 2.45) is 0 Å². The Bertz CT molecular complexity index is 727. The van der Waals surface area contributed by atoms with Gasteiger partial charge in [0.15, 0.2) is 6.29 Å². The van der Waals surface area contributed by atoms with Gasteiger partial charge < -0.3 is 8.98 Å². The van der Waals surface area contributed by atoms with Crippen LogP contribution in [0.4, 0.5) is 0 Å². The fraction of sp³-hybridized carbons (Fsp3) is 0.118. The Morgan fingerprint density at radius 2 is 1.90 bits per heavy atom. The van der Waals surface area contributed by atoms with Crippen molar-refractivity contribution in [1.82, 2.24) is 4.57 Å². The molecular weight excluding hydrogens is 286 g/mol. The summed E-state index contributed by atoms with van der Waals surface area (Å²) in [6.45, 7) is 0.633. The van der Waals surface area contributed by atoms with Crippen molar-refractivity contribution >= 4 is 17.9 Å². The number of nitrogens with zero attached hydrogens (tertiary/aromatic N) is 1. The minimum Gasteiger partial charge on any atom is -0.469 e. The number of halogens is 1. The smallest absolute Gasteiger partial charge is 0.166 e. The van der Waals surface area contributed by atoms with Gasteiger partial charge in [0.1, 0.15) is 5.76 Å². The molecule has 0 atom stereocenters. The second-order valence-electron chi connectivity index (χ2n) is 4.84. The van der Waals surface area contributed by atoms with Crippen molar-refractivity contribution in [3.8, 4) is 0 Å². The Balaban J connectivity index is 1.90. The summed E-state index contributed by atoms with van der Waals surface area (Å²) < 4.78 is 7.38. The lowest BCUT2D eigenvalue weighted by molar-refractivity contribution is 0.111. The van der Waals surface area contributed by atoms with Gasteiger partial charge in [-0.15, -0.1) is 0 Å². The van der Waals surface area contributed by atoms with Crippen molar-refractivity contribution < 1.29 is 9.21 Å². The molecule has 2 aromatic heterocycles. The Kier molecular flexibility index (Phi) is 3.93. The van der Waals surface area contributed by atoms with Crippen LogP contribution in [0, 0.1) is 0 Å². The molecule has 0 aliphatic heterocycles. The molecule has 1 aromatic carbocycles. The topological polar surface area (TPSA) is 35.1 Å². The highest BCUT2D eigenvalue weighted by Gasteiger charge is 2.10. The standard InChI is InChI=1S/C17H14ClNO2/c18-14-5-3-13(4-6-14)11-19-15(7-8-16(19)12-20)10-17-2-1-9-21-17/h1-9,12H,10-11H2. The maximum absolute atomic E-state index is 11.2. The minimum atomic E-state index is 0.633. The number of hydrogen-bond donors (Lipinski definition) is 0. The molecule has 3 aromatic rings. The van der Waals surface area contributed by atoms with Gasteiger partial charge in [-0.1, -0.05) is 23.7 Å². The van der Waals surface area contributed by atoms with E-state index in [1.54, 1.807) is 6.26 Å². The van der Waals surface area contributed by atoms with E-state index in [9.17, 15) is 4.79 Å². The predicted octanol–water partition coefficient (Wildman–Crippen LogP) is 4.19. The second-order valence-corrected chi connectivity index (χ2v) is 5.27. The molecule has 0 bridgehead atoms. The van der Waals surface area contributed by atoms with Crippen molar-refractivity contribution in [1.29, 1.82) is 0 Å². The second kappa shape index (κ2) is 6.02. The van der Waals surface area contributed by atoms with Crippen LogP contribution in [0.5, 0.6) is 0 Å². The average molecular weight is 300 g/mol. The first-order valence-electron chi connectivity index (χ1n) is 6.66. The number of carbonyl (C=O) groups excluding carboxylic acids is 1. The van der Waals surface area contributed by atoms with Crippen molar-refractivity contribution in [2.45, 2.75) is 13.0 Å². The normalized spacial score (nSPS) is 10.7. The van der Waals surface area contributed by atoms with Crippen molar-refractivity contribution in [2.75, 3.05) is 0 Å². The Labute approximate surface area is 127 Å². The van der Waals surface area contributed by atoms with Crippen LogP contribution in [0.15, 0.2) is 59.2 Å². The van der Waals surface area contributed by atoms with Crippen LogP contribution < -0.4 is 0 Å². The van der Waals surface area contributed by atoms with Gasteiger partial charge in [-0.05, 0) is 42.0 Å². The number of benzene rings is 1. The summed E-state index contributed by atoms with van der Waals surface area (Å²) in [5.41, 5.74) is 2.80. The SMILES string of the molecule is O=Cc1ccc(Cc2ccco2)n1Cc1ccc(Cl)cc1. The van der Waals surface area contributed by atoms with E-state index < -0.39 is 0 Å². The van der Waals surface area contributed by atoms with Gasteiger partial charge in [0.05, 0.1) is 12.0 Å². The van der Waals surface area contributed by atoms with Crippen molar-refractivity contribution in [3.63, 3.8) is 0 Å². The number of hydrogen-bond acceptors (Lipinski definition) is 2. The Morgan fingerprint density at radius 3 is 2.57 bits per heavy atom. The van der Waals surface area contributed by atoms with E-state index in [-0.39, 0.29) is 0 Å². The first-order valence-corrected chi connectivity index (χ1v) is 7.04. The van der Waals surface area contributed by atoms with E-state index in [0.29, 0.717) is 23.7 Å². The molecule has 0 N–H and O–H groups in total. The molecule has 21 heavy (non-hydrogen) atoms. The van der Waals surface area contributed by atoms with Crippen LogP contribution in [0.1, 0.15) is 27.5 Å². The van der Waals surface area contributed by atoms with Crippen LogP contribution in [0.25, 0.3) is 0 Å². The average Bonchev–Trinajstić information content (AvgIpc) is 3.13.